The van der Waals surface area contributed by atoms with Crippen molar-refractivity contribution in [2.45, 2.75) is 63.3 Å². The van der Waals surface area contributed by atoms with E-state index in [9.17, 15) is 48.9 Å². The number of rotatable bonds is 16. The van der Waals surface area contributed by atoms with E-state index in [-0.39, 0.29) is 76.6 Å². The third-order valence-electron chi connectivity index (χ3n) is 10.1. The van der Waals surface area contributed by atoms with E-state index in [0.717, 1.165) is 0 Å². The van der Waals surface area contributed by atoms with Crippen LogP contribution in [0.2, 0.25) is 0 Å². The standard InChI is InChI=1S/C34H58IN10O13/c1-23(21-46)33(54)26(47)4-7-37-28(49)3-2-25(34(55)38-24-5-8-40(9-6-24)16-27(36)48)39-29(50)17-43-13-12-41-10-11-42-14-15-44(35-22-43)20-32(53)58-45(56-30(51)18-41)57-31(52)19-42/h23-26,33,46-47,54H,2-22H2,1H3,(H2,36,48)(H,37,49)(H,38,55)(H,39,50)/q-1/t23-,25-,26-,33-/m1/s1. The number of piperidine rings is 1. The average Bonchev–Trinajstić information content (AvgIpc) is 3.20. The molecule has 24 heteroatoms. The summed E-state index contributed by atoms with van der Waals surface area (Å²) in [6.45, 7) is 4.11. The molecule has 4 rings (SSSR count). The van der Waals surface area contributed by atoms with Crippen LogP contribution in [-0.4, -0.2) is 212 Å². The van der Waals surface area contributed by atoms with Crippen LogP contribution in [0.15, 0.2) is 0 Å². The van der Waals surface area contributed by atoms with Crippen LogP contribution in [0.3, 0.4) is 0 Å². The molecule has 4 amide bonds. The normalized spacial score (nSPS) is 26.6. The molecular formula is C34H58IN10O13-. The predicted octanol–water partition coefficient (Wildman–Crippen LogP) is -8.94. The zero-order valence-electron chi connectivity index (χ0n) is 32.8. The zero-order chi connectivity index (χ0) is 42.2. The summed E-state index contributed by atoms with van der Waals surface area (Å²) < 4.78 is 2.31. The number of hydrogen-bond donors (Lipinski definition) is 7. The second-order valence-electron chi connectivity index (χ2n) is 14.8. The van der Waals surface area contributed by atoms with Crippen LogP contribution in [0.5, 0.6) is 0 Å². The number of primary amides is 1. The third kappa shape index (κ3) is 16.7. The van der Waals surface area contributed by atoms with Crippen molar-refractivity contribution in [3.8, 4) is 0 Å². The van der Waals surface area contributed by atoms with Gasteiger partial charge in [-0.2, -0.15) is 0 Å². The van der Waals surface area contributed by atoms with E-state index in [0.29, 0.717) is 69.8 Å². The Morgan fingerprint density at radius 1 is 0.810 bits per heavy atom. The number of nitrogens with zero attached hydrogens (tertiary/aromatic N) is 6. The number of alkyl halides is 1. The molecule has 330 valence electrons. The second-order valence-corrected chi connectivity index (χ2v) is 17.6. The first-order chi connectivity index (χ1) is 27.7. The molecule has 4 aliphatic rings. The summed E-state index contributed by atoms with van der Waals surface area (Å²) in [7, 11) is 0. The van der Waals surface area contributed by atoms with Gasteiger partial charge in [-0.05, 0) is 0 Å². The summed E-state index contributed by atoms with van der Waals surface area (Å²) in [5.74, 6) is -4.81. The summed E-state index contributed by atoms with van der Waals surface area (Å²) in [6, 6.07) is -1.33. The van der Waals surface area contributed by atoms with Crippen LogP contribution in [-0.2, 0) is 48.1 Å². The van der Waals surface area contributed by atoms with Gasteiger partial charge in [-0.15, -0.1) is 0 Å². The van der Waals surface area contributed by atoms with E-state index in [1.165, 1.54) is 0 Å². The van der Waals surface area contributed by atoms with Crippen molar-refractivity contribution in [1.82, 2.24) is 44.1 Å². The van der Waals surface area contributed by atoms with Crippen molar-refractivity contribution in [3.63, 3.8) is 0 Å². The molecule has 23 nitrogen and oxygen atoms in total. The Bertz CT molecular complexity index is 1390. The van der Waals surface area contributed by atoms with Gasteiger partial charge in [0.2, 0.25) is 5.91 Å². The van der Waals surface area contributed by atoms with Crippen LogP contribution in [0.4, 0.5) is 0 Å². The maximum absolute atomic E-state index is 13.7. The minimum atomic E-state index is -1.17. The van der Waals surface area contributed by atoms with Crippen LogP contribution in [0.1, 0.15) is 39.0 Å². The quantitative estimate of drug-likeness (QED) is 0.0327. The molecular weight excluding hydrogens is 883 g/mol. The van der Waals surface area contributed by atoms with E-state index in [4.69, 9.17) is 20.2 Å². The van der Waals surface area contributed by atoms with Crippen molar-refractivity contribution in [3.05, 3.63) is 0 Å². The molecule has 0 aromatic rings. The molecule has 58 heavy (non-hydrogen) atoms. The van der Waals surface area contributed by atoms with Gasteiger partial charge in [0.1, 0.15) is 0 Å². The molecule has 4 aliphatic heterocycles. The summed E-state index contributed by atoms with van der Waals surface area (Å²) in [5.41, 5.74) is 5.33. The van der Waals surface area contributed by atoms with Crippen LogP contribution < -0.4 is 43.2 Å². The molecule has 4 unspecified atom stereocenters. The molecule has 0 spiro atoms. The summed E-state index contributed by atoms with van der Waals surface area (Å²) >= 11 is -0.927. The van der Waals surface area contributed by atoms with E-state index >= 15 is 0 Å². The Morgan fingerprint density at radius 3 is 2.03 bits per heavy atom. The summed E-state index contributed by atoms with van der Waals surface area (Å²) in [6.07, 6.45) is -1.40. The Labute approximate surface area is 347 Å². The molecule has 8 atom stereocenters. The monoisotopic (exact) mass is 941 g/mol. The van der Waals surface area contributed by atoms with Crippen molar-refractivity contribution >= 4 is 41.5 Å². The first kappa shape index (κ1) is 47.3. The fourth-order valence-corrected chi connectivity index (χ4v) is 9.14. The van der Waals surface area contributed by atoms with Crippen LogP contribution in [0, 0.1) is 5.92 Å². The van der Waals surface area contributed by atoms with Crippen molar-refractivity contribution in [2.24, 2.45) is 11.7 Å². The molecule has 4 heterocycles. The van der Waals surface area contributed by atoms with E-state index in [2.05, 4.69) is 16.0 Å². The van der Waals surface area contributed by atoms with E-state index < -0.39 is 87.2 Å². The van der Waals surface area contributed by atoms with Gasteiger partial charge in [-0.3, -0.25) is 4.79 Å². The number of aliphatic hydroxyl groups excluding tert-OH is 3. The van der Waals surface area contributed by atoms with Crippen LogP contribution in [0.25, 0.3) is 0 Å². The molecule has 0 radical (unpaired) electrons. The topological polar surface area (TPSA) is 289 Å². The third-order valence-corrected chi connectivity index (χ3v) is 13.1. The molecule has 4 saturated heterocycles. The zero-order valence-corrected chi connectivity index (χ0v) is 35.0. The number of carbonyl (C=O) groups is 7. The molecule has 0 aromatic carbocycles. The van der Waals surface area contributed by atoms with Gasteiger partial charge in [0, 0.05) is 12.5 Å². The number of nitrogens with two attached hydrogens (primary N) is 1. The number of amides is 4. The Kier molecular flexibility index (Phi) is 19.6. The van der Waals surface area contributed by atoms with Gasteiger partial charge in [0.25, 0.3) is 0 Å². The molecule has 4 fully saturated rings. The summed E-state index contributed by atoms with van der Waals surface area (Å²) in [4.78, 5) is 112. The van der Waals surface area contributed by atoms with Crippen molar-refractivity contribution in [1.29, 1.82) is 0 Å². The number of fused-ring (bicyclic) bond motifs is 7. The number of nitrogens with one attached hydrogen (secondary N) is 3. The Hall–Kier alpha value is -3.34. The first-order valence-electron chi connectivity index (χ1n) is 19.4. The molecule has 0 saturated carbocycles. The molecule has 0 aromatic heterocycles. The second kappa shape index (κ2) is 24.0. The maximum atomic E-state index is 13.7. The van der Waals surface area contributed by atoms with E-state index in [1.54, 1.807) is 11.8 Å². The molecule has 4 bridgehead atoms. The number of halogens is 1. The van der Waals surface area contributed by atoms with Gasteiger partial charge in [0.05, 0.1) is 18.8 Å². The Balaban J connectivity index is 1.42. The predicted molar refractivity (Wildman–Crippen MR) is 195 cm³/mol. The fraction of sp³-hybridized carbons (Fsp3) is 0.794. The van der Waals surface area contributed by atoms with Gasteiger partial charge in [-0.25, -0.2) is 0 Å². The SMILES string of the molecule is C[C@H](CO)[C@@H](O)[C@H](O)CCNC(=O)CC[C@@H](NC(=O)CN1CCN2CCN3CCN(CC(=O)ON(OC(=O)C2)OC(=O)C3)[I-]C1)C(=O)NC1CCN(CC(N)=O)CC1. The number of likely N-dealkylation sites (tertiary alicyclic amines) is 1. The fourth-order valence-electron chi connectivity index (χ4n) is 6.62. The van der Waals surface area contributed by atoms with E-state index in [1.807, 2.05) is 17.8 Å². The summed E-state index contributed by atoms with van der Waals surface area (Å²) in [5, 5.41) is 38.2. The average molecular weight is 942 g/mol. The first-order valence-corrected chi connectivity index (χ1v) is 21.9. The molecule has 0 aliphatic carbocycles. The van der Waals surface area contributed by atoms with Gasteiger partial charge < -0.3 is 21.1 Å². The molecule has 8 N–H and O–H groups in total. The number of hydrogen-bond acceptors (Lipinski definition) is 19. The Morgan fingerprint density at radius 2 is 1.41 bits per heavy atom. The van der Waals surface area contributed by atoms with Gasteiger partial charge in [0.15, 0.2) is 0 Å². The van der Waals surface area contributed by atoms with Gasteiger partial charge in [-0.1, -0.05) is 6.92 Å². The van der Waals surface area contributed by atoms with Gasteiger partial charge >= 0.3 is 278 Å². The van der Waals surface area contributed by atoms with Crippen LogP contribution >= 0.6 is 0 Å². The number of aliphatic hydroxyl groups is 3. The number of carbonyl (C=O) groups excluding carboxylic acids is 7. The minimum absolute atomic E-state index is 0.0337. The van der Waals surface area contributed by atoms with Crippen molar-refractivity contribution < 1.29 is 84.9 Å². The van der Waals surface area contributed by atoms with Crippen molar-refractivity contribution in [2.75, 3.05) is 103 Å².